The van der Waals surface area contributed by atoms with Crippen molar-refractivity contribution in [1.82, 2.24) is 9.80 Å². The lowest BCUT2D eigenvalue weighted by Gasteiger charge is -2.45. The standard InChI is InChI=1S/C15H16ClFN2O3/c1-18-12-7-19(5-4-13(12)22-8-14(18)20)15(21)9-2-3-11(17)10(16)6-9/h2-3,6,12-13H,4-5,7-8H2,1H3/t12-,13+/m0/s1. The molecule has 2 aliphatic heterocycles. The molecule has 2 heterocycles. The Morgan fingerprint density at radius 3 is 2.95 bits per heavy atom. The molecule has 2 aliphatic rings. The van der Waals surface area contributed by atoms with Crippen LogP contribution in [0.5, 0.6) is 0 Å². The van der Waals surface area contributed by atoms with Crippen molar-refractivity contribution in [3.05, 3.63) is 34.6 Å². The lowest BCUT2D eigenvalue weighted by Crippen LogP contribution is -2.61. The van der Waals surface area contributed by atoms with Crippen LogP contribution in [0.1, 0.15) is 16.8 Å². The Morgan fingerprint density at radius 1 is 1.45 bits per heavy atom. The minimum atomic E-state index is -0.553. The van der Waals surface area contributed by atoms with Crippen LogP contribution in [-0.4, -0.2) is 60.5 Å². The van der Waals surface area contributed by atoms with Crippen molar-refractivity contribution in [2.45, 2.75) is 18.6 Å². The third-order valence-corrected chi connectivity index (χ3v) is 4.58. The summed E-state index contributed by atoms with van der Waals surface area (Å²) in [6.07, 6.45) is 0.631. The first kappa shape index (κ1) is 15.2. The molecule has 118 valence electrons. The van der Waals surface area contributed by atoms with Gasteiger partial charge in [0.15, 0.2) is 0 Å². The van der Waals surface area contributed by atoms with E-state index in [9.17, 15) is 14.0 Å². The summed E-state index contributed by atoms with van der Waals surface area (Å²) in [4.78, 5) is 27.5. The highest BCUT2D eigenvalue weighted by molar-refractivity contribution is 6.31. The van der Waals surface area contributed by atoms with Crippen molar-refractivity contribution in [3.8, 4) is 0 Å². The van der Waals surface area contributed by atoms with Crippen LogP contribution in [-0.2, 0) is 9.53 Å². The highest BCUT2D eigenvalue weighted by atomic mass is 35.5. The number of carbonyl (C=O) groups is 2. The fourth-order valence-corrected chi connectivity index (χ4v) is 3.12. The van der Waals surface area contributed by atoms with Crippen LogP contribution in [0.2, 0.25) is 5.02 Å². The maximum Gasteiger partial charge on any atom is 0.253 e. The van der Waals surface area contributed by atoms with Crippen molar-refractivity contribution in [2.24, 2.45) is 0 Å². The number of hydrogen-bond donors (Lipinski definition) is 0. The Hall–Kier alpha value is -1.66. The molecular formula is C15H16ClFN2O3. The van der Waals surface area contributed by atoms with Crippen LogP contribution in [0.15, 0.2) is 18.2 Å². The van der Waals surface area contributed by atoms with Crippen LogP contribution in [0.3, 0.4) is 0 Å². The summed E-state index contributed by atoms with van der Waals surface area (Å²) in [7, 11) is 1.73. The molecule has 1 aromatic rings. The maximum atomic E-state index is 13.2. The summed E-state index contributed by atoms with van der Waals surface area (Å²) >= 11 is 5.73. The molecule has 22 heavy (non-hydrogen) atoms. The first-order valence-electron chi connectivity index (χ1n) is 7.09. The van der Waals surface area contributed by atoms with Gasteiger partial charge >= 0.3 is 0 Å². The van der Waals surface area contributed by atoms with Gasteiger partial charge in [-0.05, 0) is 24.6 Å². The van der Waals surface area contributed by atoms with E-state index < -0.39 is 5.82 Å². The van der Waals surface area contributed by atoms with E-state index in [-0.39, 0.29) is 35.6 Å². The smallest absolute Gasteiger partial charge is 0.253 e. The van der Waals surface area contributed by atoms with Crippen LogP contribution in [0.4, 0.5) is 4.39 Å². The summed E-state index contributed by atoms with van der Waals surface area (Å²) in [5.74, 6) is -0.852. The number of likely N-dealkylation sites (N-methyl/N-ethyl adjacent to an activating group) is 1. The zero-order valence-corrected chi connectivity index (χ0v) is 12.8. The fraction of sp³-hybridized carbons (Fsp3) is 0.467. The molecule has 2 saturated heterocycles. The zero-order chi connectivity index (χ0) is 15.9. The lowest BCUT2D eigenvalue weighted by atomic mass is 9.98. The molecule has 0 unspecified atom stereocenters. The number of piperidine rings is 1. The maximum absolute atomic E-state index is 13.2. The van der Waals surface area contributed by atoms with E-state index in [4.69, 9.17) is 16.3 Å². The normalized spacial score (nSPS) is 25.1. The van der Waals surface area contributed by atoms with Crippen LogP contribution in [0, 0.1) is 5.82 Å². The predicted octanol–water partition coefficient (Wildman–Crippen LogP) is 1.55. The molecule has 2 fully saturated rings. The summed E-state index contributed by atoms with van der Waals surface area (Å²) in [5, 5.41) is -0.0750. The highest BCUT2D eigenvalue weighted by Gasteiger charge is 2.39. The minimum absolute atomic E-state index is 0.0384. The number of rotatable bonds is 1. The van der Waals surface area contributed by atoms with Gasteiger partial charge in [-0.2, -0.15) is 0 Å². The molecule has 0 N–H and O–H groups in total. The van der Waals surface area contributed by atoms with Gasteiger partial charge in [-0.3, -0.25) is 9.59 Å². The number of nitrogens with zero attached hydrogens (tertiary/aromatic N) is 2. The van der Waals surface area contributed by atoms with E-state index >= 15 is 0 Å². The topological polar surface area (TPSA) is 49.9 Å². The first-order chi connectivity index (χ1) is 10.5. The SMILES string of the molecule is CN1C(=O)CO[C@@H]2CCN(C(=O)c3ccc(F)c(Cl)c3)C[C@@H]21. The van der Waals surface area contributed by atoms with Crippen LogP contribution >= 0.6 is 11.6 Å². The number of ether oxygens (including phenoxy) is 1. The van der Waals surface area contributed by atoms with Gasteiger partial charge in [-0.1, -0.05) is 11.6 Å². The molecule has 0 bridgehead atoms. The molecule has 0 aliphatic carbocycles. The van der Waals surface area contributed by atoms with E-state index in [0.717, 1.165) is 0 Å². The summed E-state index contributed by atoms with van der Waals surface area (Å²) in [6.45, 7) is 1.04. The van der Waals surface area contributed by atoms with E-state index in [1.54, 1.807) is 16.8 Å². The molecule has 1 aromatic carbocycles. The minimum Gasteiger partial charge on any atom is -0.366 e. The third-order valence-electron chi connectivity index (χ3n) is 4.29. The van der Waals surface area contributed by atoms with Gasteiger partial charge in [0.2, 0.25) is 5.91 Å². The second-order valence-electron chi connectivity index (χ2n) is 5.59. The Labute approximate surface area is 132 Å². The summed E-state index contributed by atoms with van der Waals surface area (Å²) in [5.41, 5.74) is 0.343. The highest BCUT2D eigenvalue weighted by Crippen LogP contribution is 2.24. The van der Waals surface area contributed by atoms with Crippen molar-refractivity contribution in [1.29, 1.82) is 0 Å². The average Bonchev–Trinajstić information content (AvgIpc) is 2.53. The van der Waals surface area contributed by atoms with E-state index in [2.05, 4.69) is 0 Å². The van der Waals surface area contributed by atoms with Gasteiger partial charge in [0.1, 0.15) is 12.4 Å². The van der Waals surface area contributed by atoms with E-state index in [0.29, 0.717) is 25.1 Å². The monoisotopic (exact) mass is 326 g/mol. The van der Waals surface area contributed by atoms with Crippen molar-refractivity contribution in [2.75, 3.05) is 26.7 Å². The molecule has 0 saturated carbocycles. The van der Waals surface area contributed by atoms with Gasteiger partial charge in [0.25, 0.3) is 5.91 Å². The molecule has 2 atom stereocenters. The second kappa shape index (κ2) is 5.85. The number of benzene rings is 1. The second-order valence-corrected chi connectivity index (χ2v) is 6.00. The first-order valence-corrected chi connectivity index (χ1v) is 7.47. The summed E-state index contributed by atoms with van der Waals surface area (Å²) < 4.78 is 18.7. The average molecular weight is 327 g/mol. The van der Waals surface area contributed by atoms with Crippen molar-refractivity contribution in [3.63, 3.8) is 0 Å². The Bertz CT molecular complexity index is 625. The number of halogens is 2. The summed E-state index contributed by atoms with van der Waals surface area (Å²) in [6, 6.07) is 3.79. The van der Waals surface area contributed by atoms with Gasteiger partial charge in [0, 0.05) is 25.7 Å². The Kier molecular flexibility index (Phi) is 4.06. The molecule has 0 spiro atoms. The zero-order valence-electron chi connectivity index (χ0n) is 12.1. The Morgan fingerprint density at radius 2 is 2.23 bits per heavy atom. The van der Waals surface area contributed by atoms with Crippen molar-refractivity contribution >= 4 is 23.4 Å². The number of carbonyl (C=O) groups excluding carboxylic acids is 2. The molecule has 2 amide bonds. The molecule has 0 radical (unpaired) electrons. The van der Waals surface area contributed by atoms with Gasteiger partial charge in [-0.25, -0.2) is 4.39 Å². The van der Waals surface area contributed by atoms with Gasteiger partial charge in [0.05, 0.1) is 17.2 Å². The molecule has 7 heteroatoms. The molecule has 0 aromatic heterocycles. The molecule has 3 rings (SSSR count). The van der Waals surface area contributed by atoms with Crippen molar-refractivity contribution < 1.29 is 18.7 Å². The number of morpholine rings is 1. The number of likely N-dealkylation sites (tertiary alicyclic amines) is 1. The number of amides is 2. The van der Waals surface area contributed by atoms with E-state index in [1.807, 2.05) is 0 Å². The lowest BCUT2D eigenvalue weighted by molar-refractivity contribution is -0.159. The molecular weight excluding hydrogens is 311 g/mol. The van der Waals surface area contributed by atoms with Crippen LogP contribution < -0.4 is 0 Å². The van der Waals surface area contributed by atoms with Crippen LogP contribution in [0.25, 0.3) is 0 Å². The van der Waals surface area contributed by atoms with Gasteiger partial charge in [-0.15, -0.1) is 0 Å². The number of fused-ring (bicyclic) bond motifs is 1. The number of hydrogen-bond acceptors (Lipinski definition) is 3. The third kappa shape index (κ3) is 2.68. The molecule has 5 nitrogen and oxygen atoms in total. The fourth-order valence-electron chi connectivity index (χ4n) is 2.94. The van der Waals surface area contributed by atoms with Gasteiger partial charge < -0.3 is 14.5 Å². The largest absolute Gasteiger partial charge is 0.366 e. The predicted molar refractivity (Wildman–Crippen MR) is 78.2 cm³/mol. The Balaban J connectivity index is 1.76. The quantitative estimate of drug-likeness (QED) is 0.787. The van der Waals surface area contributed by atoms with E-state index in [1.165, 1.54) is 18.2 Å².